The Morgan fingerprint density at radius 1 is 0.462 bits per heavy atom. The van der Waals surface area contributed by atoms with E-state index in [1.165, 1.54) is 62.4 Å². The summed E-state index contributed by atoms with van der Waals surface area (Å²) in [6, 6.07) is 9.95. The molecule has 0 radical (unpaired) electrons. The maximum Gasteiger partial charge on any atom is 0.201 e. The highest BCUT2D eigenvalue weighted by Crippen LogP contribution is 2.35. The number of halogens is 8. The van der Waals surface area contributed by atoms with Gasteiger partial charge in [-0.15, -0.1) is 0 Å². The molecule has 12 heteroatoms. The Morgan fingerprint density at radius 2 is 0.788 bits per heavy atom. The number of hydrogen-bond acceptors (Lipinski definition) is 4. The van der Waals surface area contributed by atoms with Crippen LogP contribution in [0.25, 0.3) is 22.3 Å². The van der Waals surface area contributed by atoms with Gasteiger partial charge in [0.2, 0.25) is 11.6 Å². The van der Waals surface area contributed by atoms with Gasteiger partial charge in [0.25, 0.3) is 0 Å². The molecule has 2 heterocycles. The highest BCUT2D eigenvalue weighted by Gasteiger charge is 2.25. The van der Waals surface area contributed by atoms with Crippen LogP contribution in [0.5, 0.6) is 11.5 Å². The van der Waals surface area contributed by atoms with Crippen LogP contribution < -0.4 is 9.47 Å². The van der Waals surface area contributed by atoms with Crippen LogP contribution in [-0.4, -0.2) is 38.6 Å². The van der Waals surface area contributed by atoms with E-state index in [1.54, 1.807) is 0 Å². The summed E-state index contributed by atoms with van der Waals surface area (Å²) < 4.78 is 135. The number of ether oxygens (including phenoxy) is 4. The molecular weight excluding hydrogens is 696 g/mol. The van der Waals surface area contributed by atoms with Crippen LogP contribution in [0.4, 0.5) is 35.1 Å². The normalized spacial score (nSPS) is 20.2. The highest BCUT2D eigenvalue weighted by atomic mass is 19.2. The zero-order valence-corrected chi connectivity index (χ0v) is 29.2. The van der Waals surface area contributed by atoms with Crippen LogP contribution in [0, 0.1) is 72.2 Å². The molecule has 0 aliphatic carbocycles. The lowest BCUT2D eigenvalue weighted by molar-refractivity contribution is -0.0177. The van der Waals surface area contributed by atoms with E-state index in [2.05, 4.69) is 0 Å². The summed E-state index contributed by atoms with van der Waals surface area (Å²) in [5, 5.41) is 0. The first-order valence-corrected chi connectivity index (χ1v) is 17.1. The van der Waals surface area contributed by atoms with E-state index in [9.17, 15) is 35.1 Å². The molecule has 52 heavy (non-hydrogen) atoms. The van der Waals surface area contributed by atoms with Gasteiger partial charge in [0.15, 0.2) is 46.4 Å². The van der Waals surface area contributed by atoms with Gasteiger partial charge in [-0.2, -0.15) is 8.78 Å². The van der Waals surface area contributed by atoms with Crippen molar-refractivity contribution in [2.75, 3.05) is 26.4 Å². The molecule has 0 N–H and O–H groups in total. The smallest absolute Gasteiger partial charge is 0.201 e. The van der Waals surface area contributed by atoms with Crippen LogP contribution in [0.3, 0.4) is 0 Å². The Labute approximate surface area is 297 Å². The van der Waals surface area contributed by atoms with Crippen LogP contribution in [0.15, 0.2) is 48.5 Å². The zero-order chi connectivity index (χ0) is 37.7. The molecular formula is C40H40F8O4. The van der Waals surface area contributed by atoms with Gasteiger partial charge in [0, 0.05) is 34.1 Å². The average Bonchev–Trinajstić information content (AvgIpc) is 3.13. The second-order valence-corrected chi connectivity index (χ2v) is 13.4. The van der Waals surface area contributed by atoms with Gasteiger partial charge in [-0.1, -0.05) is 24.3 Å². The van der Waals surface area contributed by atoms with E-state index in [0.29, 0.717) is 13.2 Å². The fourth-order valence-electron chi connectivity index (χ4n) is 5.96. The Morgan fingerprint density at radius 3 is 1.12 bits per heavy atom. The largest absolute Gasteiger partial charge is 0.490 e. The standard InChI is InChI=1S/2C20H20F4O2/c2*1-11-3-6-14(18(22)17(11)21)15-7-8-16(20(24)19(15)23)26-10-13-5-4-12(2)25-9-13/h2*3,6-8,12-13H,4-5,9-10H2,1-2H3. The van der Waals surface area contributed by atoms with Crippen LogP contribution in [-0.2, 0) is 9.47 Å². The van der Waals surface area contributed by atoms with Gasteiger partial charge in [-0.25, -0.2) is 26.3 Å². The van der Waals surface area contributed by atoms with E-state index in [1.807, 2.05) is 13.8 Å². The zero-order valence-electron chi connectivity index (χ0n) is 29.2. The minimum absolute atomic E-state index is 0.0936. The Balaban J connectivity index is 0.000000201. The second kappa shape index (κ2) is 17.1. The summed E-state index contributed by atoms with van der Waals surface area (Å²) in [6.07, 6.45) is 3.95. The molecule has 0 amide bonds. The quantitative estimate of drug-likeness (QED) is 0.169. The van der Waals surface area contributed by atoms with Crippen molar-refractivity contribution in [1.29, 1.82) is 0 Å². The molecule has 2 saturated heterocycles. The molecule has 4 nitrogen and oxygen atoms in total. The molecule has 6 rings (SSSR count). The molecule has 0 aromatic heterocycles. The second-order valence-electron chi connectivity index (χ2n) is 13.4. The van der Waals surface area contributed by atoms with Crippen LogP contribution in [0.2, 0.25) is 0 Å². The van der Waals surface area contributed by atoms with E-state index in [4.69, 9.17) is 18.9 Å². The number of rotatable bonds is 8. The number of aryl methyl sites for hydroxylation is 2. The fourth-order valence-corrected chi connectivity index (χ4v) is 5.96. The van der Waals surface area contributed by atoms with Crippen molar-refractivity contribution in [2.24, 2.45) is 11.8 Å². The van der Waals surface area contributed by atoms with Crippen molar-refractivity contribution in [3.8, 4) is 33.8 Å². The maximum atomic E-state index is 14.4. The predicted molar refractivity (Wildman–Crippen MR) is 180 cm³/mol. The lowest BCUT2D eigenvalue weighted by Crippen LogP contribution is -2.27. The number of hydrogen-bond donors (Lipinski definition) is 0. The maximum absolute atomic E-state index is 14.4. The lowest BCUT2D eigenvalue weighted by Gasteiger charge is -2.26. The van der Waals surface area contributed by atoms with Gasteiger partial charge < -0.3 is 18.9 Å². The van der Waals surface area contributed by atoms with Crippen molar-refractivity contribution >= 4 is 0 Å². The van der Waals surface area contributed by atoms with Crippen molar-refractivity contribution in [3.63, 3.8) is 0 Å². The molecule has 0 saturated carbocycles. The van der Waals surface area contributed by atoms with Crippen molar-refractivity contribution < 1.29 is 54.1 Å². The summed E-state index contributed by atoms with van der Waals surface area (Å²) in [7, 11) is 0. The third-order valence-corrected chi connectivity index (χ3v) is 9.37. The first-order valence-electron chi connectivity index (χ1n) is 17.1. The molecule has 2 aliphatic heterocycles. The van der Waals surface area contributed by atoms with E-state index in [-0.39, 0.29) is 82.1 Å². The topological polar surface area (TPSA) is 36.9 Å². The van der Waals surface area contributed by atoms with Gasteiger partial charge >= 0.3 is 0 Å². The lowest BCUT2D eigenvalue weighted by atomic mass is 10.00. The molecule has 0 spiro atoms. The predicted octanol–water partition coefficient (Wildman–Crippen LogP) is 10.8. The van der Waals surface area contributed by atoms with Gasteiger partial charge in [-0.3, -0.25) is 0 Å². The van der Waals surface area contributed by atoms with E-state index < -0.39 is 46.5 Å². The summed E-state index contributed by atoms with van der Waals surface area (Å²) in [5.41, 5.74) is -1.16. The van der Waals surface area contributed by atoms with Crippen LogP contribution in [0.1, 0.15) is 50.7 Å². The summed E-state index contributed by atoms with van der Waals surface area (Å²) in [4.78, 5) is 0. The van der Waals surface area contributed by atoms with Crippen LogP contribution >= 0.6 is 0 Å². The molecule has 0 bridgehead atoms. The average molecular weight is 737 g/mol. The Bertz CT molecular complexity index is 1730. The molecule has 4 aromatic rings. The summed E-state index contributed by atoms with van der Waals surface area (Å²) in [6.45, 7) is 8.19. The fraction of sp³-hybridized carbons (Fsp3) is 0.400. The van der Waals surface area contributed by atoms with Crippen molar-refractivity contribution in [1.82, 2.24) is 0 Å². The first kappa shape index (κ1) is 39.1. The van der Waals surface area contributed by atoms with Gasteiger partial charge in [0.05, 0.1) is 38.6 Å². The van der Waals surface area contributed by atoms with Gasteiger partial charge in [-0.05, 0) is 88.8 Å². The minimum atomic E-state index is -1.27. The molecule has 4 aromatic carbocycles. The van der Waals surface area contributed by atoms with E-state index in [0.717, 1.165) is 25.7 Å². The molecule has 2 aliphatic rings. The Hall–Kier alpha value is -4.16. The third-order valence-electron chi connectivity index (χ3n) is 9.37. The molecule has 4 atom stereocenters. The minimum Gasteiger partial charge on any atom is -0.490 e. The third kappa shape index (κ3) is 8.89. The molecule has 2 fully saturated rings. The summed E-state index contributed by atoms with van der Waals surface area (Å²) in [5.74, 6) is -9.80. The highest BCUT2D eigenvalue weighted by molar-refractivity contribution is 5.67. The number of benzene rings is 4. The Kier molecular flexibility index (Phi) is 12.9. The first-order chi connectivity index (χ1) is 24.8. The van der Waals surface area contributed by atoms with E-state index >= 15 is 0 Å². The van der Waals surface area contributed by atoms with Crippen molar-refractivity contribution in [3.05, 3.63) is 106 Å². The molecule has 4 unspecified atom stereocenters. The van der Waals surface area contributed by atoms with Crippen molar-refractivity contribution in [2.45, 2.75) is 65.6 Å². The monoisotopic (exact) mass is 736 g/mol. The van der Waals surface area contributed by atoms with Gasteiger partial charge in [0.1, 0.15) is 0 Å². The SMILES string of the molecule is Cc1ccc(-c2ccc(OCC3CCC(C)OC3)c(F)c2F)c(F)c1F.Cc1ccc(-c2ccc(OCC3CCC(C)OC3)c(F)c2F)c(F)c1F. The molecule has 280 valence electrons. The summed E-state index contributed by atoms with van der Waals surface area (Å²) >= 11 is 0.